The lowest BCUT2D eigenvalue weighted by Crippen LogP contribution is -2.35. The summed E-state index contributed by atoms with van der Waals surface area (Å²) in [7, 11) is 0. The van der Waals surface area contributed by atoms with Crippen molar-refractivity contribution >= 4 is 17.7 Å². The number of hydrogen-bond donors (Lipinski definition) is 3. The number of carboxylic acid groups (broad SMARTS) is 1. The molecule has 0 aliphatic heterocycles. The zero-order valence-electron chi connectivity index (χ0n) is 35.1. The number of hydrogen-bond acceptors (Lipinski definition) is 6. The van der Waals surface area contributed by atoms with Gasteiger partial charge in [0, 0.05) is 38.0 Å². The zero-order chi connectivity index (χ0) is 42.1. The van der Waals surface area contributed by atoms with Gasteiger partial charge < -0.3 is 20.1 Å². The van der Waals surface area contributed by atoms with Crippen molar-refractivity contribution in [3.63, 3.8) is 0 Å². The number of ether oxygens (including phenoxy) is 1. The molecule has 0 bridgehead atoms. The van der Waals surface area contributed by atoms with Crippen LogP contribution in [0.25, 0.3) is 0 Å². The van der Waals surface area contributed by atoms with Crippen LogP contribution in [-0.2, 0) is 19.1 Å². The van der Waals surface area contributed by atoms with Gasteiger partial charge in [-0.05, 0) is 94.8 Å². The molecule has 0 heterocycles. The predicted octanol–water partition coefficient (Wildman–Crippen LogP) is 12.1. The molecule has 7 atom stereocenters. The first-order valence-corrected chi connectivity index (χ1v) is 22.0. The third kappa shape index (κ3) is 18.5. The summed E-state index contributed by atoms with van der Waals surface area (Å²) in [5.41, 5.74) is -3.03. The second kappa shape index (κ2) is 27.5. The first kappa shape index (κ1) is 50.0. The van der Waals surface area contributed by atoms with E-state index in [1.165, 1.54) is 0 Å². The number of ketones is 1. The van der Waals surface area contributed by atoms with Gasteiger partial charge in [0.1, 0.15) is 23.0 Å². The first-order valence-electron chi connectivity index (χ1n) is 22.0. The fourth-order valence-electron chi connectivity index (χ4n) is 8.25. The fraction of sp³-hybridized carbons (Fsp3) is 0.688. The summed E-state index contributed by atoms with van der Waals surface area (Å²) < 4.78 is 35.5. The van der Waals surface area contributed by atoms with Gasteiger partial charge in [-0.1, -0.05) is 121 Å². The molecule has 0 spiro atoms. The van der Waals surface area contributed by atoms with Crippen LogP contribution in [0.3, 0.4) is 0 Å². The highest BCUT2D eigenvalue weighted by atomic mass is 19.1. The van der Waals surface area contributed by atoms with Crippen LogP contribution in [0, 0.1) is 23.7 Å². The molecule has 0 saturated heterocycles. The quantitative estimate of drug-likeness (QED) is 0.0363. The molecule has 2 fully saturated rings. The van der Waals surface area contributed by atoms with Crippen molar-refractivity contribution < 1.29 is 43.2 Å². The van der Waals surface area contributed by atoms with Crippen LogP contribution in [0.2, 0.25) is 0 Å². The van der Waals surface area contributed by atoms with Gasteiger partial charge in [-0.2, -0.15) is 0 Å². The van der Waals surface area contributed by atoms with Crippen molar-refractivity contribution in [2.75, 3.05) is 0 Å². The Morgan fingerprint density at radius 2 is 1.37 bits per heavy atom. The van der Waals surface area contributed by atoms with Crippen LogP contribution in [0.1, 0.15) is 168 Å². The van der Waals surface area contributed by atoms with Gasteiger partial charge >= 0.3 is 11.9 Å². The molecule has 0 aromatic carbocycles. The van der Waals surface area contributed by atoms with Crippen molar-refractivity contribution in [2.45, 2.75) is 185 Å². The highest BCUT2D eigenvalue weighted by Crippen LogP contribution is 2.38. The minimum Gasteiger partial charge on any atom is -0.481 e. The number of rotatable bonds is 31. The summed E-state index contributed by atoms with van der Waals surface area (Å²) in [5, 5.41) is 30.4. The Bertz CT molecular complexity index is 1370. The minimum atomic E-state index is -1.56. The molecule has 2 rings (SSSR count). The summed E-state index contributed by atoms with van der Waals surface area (Å²) in [6.45, 7) is 11.2. The molecule has 9 heteroatoms. The maximum atomic E-state index is 15.3. The fourth-order valence-corrected chi connectivity index (χ4v) is 8.25. The van der Waals surface area contributed by atoms with E-state index in [-0.39, 0.29) is 55.1 Å². The van der Waals surface area contributed by atoms with Crippen molar-refractivity contribution in [2.24, 2.45) is 23.7 Å². The second-order valence-corrected chi connectivity index (χ2v) is 16.5. The number of aliphatic hydroxyl groups is 2. The van der Waals surface area contributed by atoms with E-state index in [4.69, 9.17) is 9.84 Å². The Hall–Kier alpha value is -3.17. The average molecular weight is 801 g/mol. The summed E-state index contributed by atoms with van der Waals surface area (Å²) in [6, 6.07) is 0. The van der Waals surface area contributed by atoms with E-state index in [9.17, 15) is 29.0 Å². The Kier molecular flexibility index (Phi) is 24.1. The van der Waals surface area contributed by atoms with E-state index < -0.39 is 40.9 Å². The van der Waals surface area contributed by atoms with Crippen LogP contribution in [-0.4, -0.2) is 50.3 Å². The van der Waals surface area contributed by atoms with E-state index in [2.05, 4.69) is 27.0 Å². The topological polar surface area (TPSA) is 121 Å². The first-order chi connectivity index (χ1) is 27.3. The molecule has 2 saturated carbocycles. The molecule has 57 heavy (non-hydrogen) atoms. The molecule has 0 aromatic heterocycles. The number of aliphatic hydroxyl groups excluding tert-OH is 1. The summed E-state index contributed by atoms with van der Waals surface area (Å²) in [5.74, 6) is -2.55. The lowest BCUT2D eigenvalue weighted by molar-refractivity contribution is -0.158. The van der Waals surface area contributed by atoms with Gasteiger partial charge in [-0.25, -0.2) is 8.78 Å². The third-order valence-electron chi connectivity index (χ3n) is 12.0. The van der Waals surface area contributed by atoms with Gasteiger partial charge in [-0.15, -0.1) is 0 Å². The monoisotopic (exact) mass is 801 g/mol. The molecular weight excluding hydrogens is 727 g/mol. The SMILES string of the molecule is C=C(F)C(O)(CC=C[C@H]1CC[C@@H](O)[C@@H]1CC=CCCCC(=O)OC(C/C=C/[C@H]1CCC(=O)[C@@H]1C/C=C\CCCC(=O)O)(CCCCCC)C(=C)F)CCCCCC. The number of carbonyl (C=O) groups is 3. The summed E-state index contributed by atoms with van der Waals surface area (Å²) in [4.78, 5) is 36.6. The largest absolute Gasteiger partial charge is 0.481 e. The normalized spacial score (nSPS) is 23.5. The number of Topliss-reactive ketones (excluding diaryl/α,β-unsaturated/α-hetero) is 1. The number of esters is 1. The van der Waals surface area contributed by atoms with E-state index in [0.29, 0.717) is 77.0 Å². The molecule has 0 amide bonds. The third-order valence-corrected chi connectivity index (χ3v) is 12.0. The van der Waals surface area contributed by atoms with Crippen molar-refractivity contribution in [1.82, 2.24) is 0 Å². The van der Waals surface area contributed by atoms with E-state index in [1.807, 2.05) is 48.6 Å². The smallest absolute Gasteiger partial charge is 0.306 e. The van der Waals surface area contributed by atoms with Gasteiger partial charge in [-0.3, -0.25) is 14.4 Å². The maximum absolute atomic E-state index is 15.3. The zero-order valence-corrected chi connectivity index (χ0v) is 35.1. The molecule has 0 radical (unpaired) electrons. The van der Waals surface area contributed by atoms with Gasteiger partial charge in [0.05, 0.1) is 6.10 Å². The second-order valence-electron chi connectivity index (χ2n) is 16.5. The van der Waals surface area contributed by atoms with Crippen LogP contribution in [0.5, 0.6) is 0 Å². The molecule has 322 valence electrons. The Labute approximate surface area is 342 Å². The molecule has 2 unspecified atom stereocenters. The number of carbonyl (C=O) groups excluding carboxylic acids is 2. The highest BCUT2D eigenvalue weighted by molar-refractivity contribution is 5.83. The van der Waals surface area contributed by atoms with Crippen molar-refractivity contribution in [3.05, 3.63) is 73.4 Å². The summed E-state index contributed by atoms with van der Waals surface area (Å²) in [6.07, 6.45) is 29.9. The molecule has 7 nitrogen and oxygen atoms in total. The van der Waals surface area contributed by atoms with Gasteiger partial charge in [0.25, 0.3) is 0 Å². The number of carboxylic acids is 1. The standard InChI is InChI=1S/C48H74F2O7/c1-5-7-9-19-33-47(56,37(3)49)34-21-23-39-29-31-43(51)41(39)26-16-12-14-18-28-46(55)57-48(38(4)50,35-20-10-8-6-2)36-22-24-40-30-32-44(52)42(40)25-15-11-13-17-27-45(53)54/h11-12,15-16,21-24,39-43,51,56H,3-10,13-14,17-20,25-36H2,1-2H3,(H,53,54)/b15-11-,16-12?,23-21?,24-22+/t39-,40-,41+,42+,43+,47?,48?/m0/s1. The van der Waals surface area contributed by atoms with Crippen LogP contribution >= 0.6 is 0 Å². The van der Waals surface area contributed by atoms with E-state index in [1.54, 1.807) is 0 Å². The molecule has 0 aromatic rings. The molecule has 3 N–H and O–H groups in total. The van der Waals surface area contributed by atoms with E-state index in [0.717, 1.165) is 51.4 Å². The predicted molar refractivity (Wildman–Crippen MR) is 226 cm³/mol. The minimum absolute atomic E-state index is 0.00193. The van der Waals surface area contributed by atoms with Crippen LogP contribution < -0.4 is 0 Å². The number of unbranched alkanes of at least 4 members (excludes halogenated alkanes) is 8. The van der Waals surface area contributed by atoms with Crippen molar-refractivity contribution in [1.29, 1.82) is 0 Å². The number of halogens is 2. The van der Waals surface area contributed by atoms with Crippen LogP contribution in [0.15, 0.2) is 73.4 Å². The number of aliphatic carboxylic acids is 1. The summed E-state index contributed by atoms with van der Waals surface area (Å²) >= 11 is 0. The Morgan fingerprint density at radius 3 is 2.00 bits per heavy atom. The van der Waals surface area contributed by atoms with Gasteiger partial charge in [0.15, 0.2) is 5.60 Å². The van der Waals surface area contributed by atoms with Crippen LogP contribution in [0.4, 0.5) is 8.78 Å². The Morgan fingerprint density at radius 1 is 0.754 bits per heavy atom. The lowest BCUT2D eigenvalue weighted by atomic mass is 9.88. The molecule has 2 aliphatic rings. The lowest BCUT2D eigenvalue weighted by Gasteiger charge is -2.31. The molecular formula is C48H74F2O7. The highest BCUT2D eigenvalue weighted by Gasteiger charge is 2.38. The maximum Gasteiger partial charge on any atom is 0.306 e. The van der Waals surface area contributed by atoms with Crippen molar-refractivity contribution in [3.8, 4) is 0 Å². The van der Waals surface area contributed by atoms with E-state index >= 15 is 4.39 Å². The Balaban J connectivity index is 1.94. The average Bonchev–Trinajstić information content (AvgIpc) is 3.70. The van der Waals surface area contributed by atoms with Gasteiger partial charge in [0.2, 0.25) is 0 Å². The number of allylic oxidation sites excluding steroid dienone is 6. The molecule has 2 aliphatic carbocycles.